The molecule has 0 fully saturated rings. The van der Waals surface area contributed by atoms with Gasteiger partial charge in [-0.25, -0.2) is 19.7 Å². The Morgan fingerprint density at radius 3 is 3.10 bits per heavy atom. The number of amides is 1. The van der Waals surface area contributed by atoms with Gasteiger partial charge in [0, 0.05) is 12.1 Å². The van der Waals surface area contributed by atoms with Crippen molar-refractivity contribution in [2.24, 2.45) is 0 Å². The Bertz CT molecular complexity index is 799. The average Bonchev–Trinajstić information content (AvgIpc) is 3.10. The first-order chi connectivity index (χ1) is 10.2. The summed E-state index contributed by atoms with van der Waals surface area (Å²) < 4.78 is 5.18. The Hall–Kier alpha value is -2.13. The van der Waals surface area contributed by atoms with Gasteiger partial charge in [-0.05, 0) is 6.26 Å². The van der Waals surface area contributed by atoms with E-state index in [-0.39, 0.29) is 6.54 Å². The van der Waals surface area contributed by atoms with Crippen molar-refractivity contribution in [2.75, 3.05) is 6.26 Å². The zero-order chi connectivity index (χ0) is 14.8. The van der Waals surface area contributed by atoms with E-state index in [1.54, 1.807) is 6.26 Å². The third-order valence-corrected chi connectivity index (χ3v) is 4.44. The number of carbonyl (C=O) groups is 1. The molecule has 0 aliphatic carbocycles. The average molecular weight is 322 g/mol. The van der Waals surface area contributed by atoms with Crippen LogP contribution in [0.5, 0.6) is 0 Å². The number of rotatable bonds is 4. The highest BCUT2D eigenvalue weighted by atomic mass is 32.2. The second kappa shape index (κ2) is 5.70. The molecule has 3 heterocycles. The molecule has 0 bridgehead atoms. The molecule has 3 aromatic heterocycles. The largest absolute Gasteiger partial charge is 0.472 e. The summed E-state index contributed by atoms with van der Waals surface area (Å²) in [7, 11) is 0. The number of aromatic nitrogens is 3. The van der Waals surface area contributed by atoms with Gasteiger partial charge in [0.15, 0.2) is 0 Å². The van der Waals surface area contributed by atoms with Crippen molar-refractivity contribution in [3.63, 3.8) is 0 Å². The molecule has 21 heavy (non-hydrogen) atoms. The van der Waals surface area contributed by atoms with Crippen LogP contribution in [0.25, 0.3) is 20.9 Å². The minimum atomic E-state index is -1.08. The van der Waals surface area contributed by atoms with Gasteiger partial charge in [-0.15, -0.1) is 11.8 Å². The van der Waals surface area contributed by atoms with E-state index in [1.807, 2.05) is 6.26 Å². The highest BCUT2D eigenvalue weighted by Gasteiger charge is 2.16. The Kier molecular flexibility index (Phi) is 3.76. The summed E-state index contributed by atoms with van der Waals surface area (Å²) in [4.78, 5) is 24.3. The molecular formula is C12H10N4O3S2. The molecule has 108 valence electrons. The van der Waals surface area contributed by atoms with Crippen LogP contribution in [0.4, 0.5) is 4.79 Å². The van der Waals surface area contributed by atoms with E-state index in [1.165, 1.54) is 35.7 Å². The van der Waals surface area contributed by atoms with Crippen molar-refractivity contribution in [3.05, 3.63) is 24.4 Å². The third-order valence-electron chi connectivity index (χ3n) is 2.76. The minimum Gasteiger partial charge on any atom is -0.472 e. The highest BCUT2D eigenvalue weighted by molar-refractivity contribution is 7.98. The van der Waals surface area contributed by atoms with Crippen molar-refractivity contribution < 1.29 is 14.3 Å². The van der Waals surface area contributed by atoms with E-state index >= 15 is 0 Å². The molecule has 3 rings (SSSR count). The number of hydrogen-bond donors (Lipinski definition) is 2. The Morgan fingerprint density at radius 2 is 2.33 bits per heavy atom. The van der Waals surface area contributed by atoms with E-state index in [4.69, 9.17) is 9.52 Å². The number of nitrogens with one attached hydrogen (secondary N) is 1. The van der Waals surface area contributed by atoms with E-state index < -0.39 is 6.09 Å². The van der Waals surface area contributed by atoms with Gasteiger partial charge in [0.1, 0.15) is 33.0 Å². The van der Waals surface area contributed by atoms with Crippen molar-refractivity contribution in [2.45, 2.75) is 11.6 Å². The predicted octanol–water partition coefficient (Wildman–Crippen LogP) is 2.84. The molecular weight excluding hydrogens is 312 g/mol. The van der Waals surface area contributed by atoms with Crippen LogP contribution in [0, 0.1) is 0 Å². The predicted molar refractivity (Wildman–Crippen MR) is 79.6 cm³/mol. The summed E-state index contributed by atoms with van der Waals surface area (Å²) in [5.41, 5.74) is 2.25. The minimum absolute atomic E-state index is 0.165. The first-order valence-corrected chi connectivity index (χ1v) is 7.91. The van der Waals surface area contributed by atoms with Crippen LogP contribution in [0.3, 0.4) is 0 Å². The van der Waals surface area contributed by atoms with E-state index in [0.717, 1.165) is 31.5 Å². The topological polar surface area (TPSA) is 101 Å². The molecule has 7 nitrogen and oxygen atoms in total. The van der Waals surface area contributed by atoms with Crippen molar-refractivity contribution in [1.82, 2.24) is 20.3 Å². The lowest BCUT2D eigenvalue weighted by Crippen LogP contribution is -2.19. The second-order valence-corrected chi connectivity index (χ2v) is 5.80. The fourth-order valence-corrected chi connectivity index (χ4v) is 3.32. The Balaban J connectivity index is 2.01. The second-order valence-electron chi connectivity index (χ2n) is 4.03. The molecule has 0 aliphatic rings. The van der Waals surface area contributed by atoms with E-state index in [9.17, 15) is 4.79 Å². The molecule has 2 N–H and O–H groups in total. The number of thiazole rings is 1. The van der Waals surface area contributed by atoms with E-state index in [2.05, 4.69) is 20.3 Å². The summed E-state index contributed by atoms with van der Waals surface area (Å²) in [6.45, 7) is 0.165. The molecule has 9 heteroatoms. The SMILES string of the molecule is CSc1ncnc2sc(-c3cocc3CNC(=O)O)nc12. The molecule has 0 atom stereocenters. The monoisotopic (exact) mass is 322 g/mol. The first-order valence-electron chi connectivity index (χ1n) is 5.87. The number of furan rings is 1. The Labute approximate surface area is 127 Å². The molecule has 3 aromatic rings. The van der Waals surface area contributed by atoms with Crippen LogP contribution in [0.1, 0.15) is 5.56 Å². The summed E-state index contributed by atoms with van der Waals surface area (Å²) >= 11 is 2.93. The Morgan fingerprint density at radius 1 is 1.48 bits per heavy atom. The lowest BCUT2D eigenvalue weighted by atomic mass is 10.2. The number of thioether (sulfide) groups is 1. The number of hydrogen-bond acceptors (Lipinski definition) is 7. The molecule has 0 aromatic carbocycles. The maximum absolute atomic E-state index is 10.6. The van der Waals surface area contributed by atoms with Gasteiger partial charge in [0.2, 0.25) is 0 Å². The van der Waals surface area contributed by atoms with Crippen LogP contribution in [0.15, 0.2) is 28.3 Å². The van der Waals surface area contributed by atoms with Gasteiger partial charge >= 0.3 is 6.09 Å². The number of fused-ring (bicyclic) bond motifs is 1. The fraction of sp³-hybridized carbons (Fsp3) is 0.167. The van der Waals surface area contributed by atoms with Gasteiger partial charge in [-0.2, -0.15) is 0 Å². The van der Waals surface area contributed by atoms with Gasteiger partial charge < -0.3 is 14.8 Å². The van der Waals surface area contributed by atoms with Gasteiger partial charge in [-0.3, -0.25) is 0 Å². The van der Waals surface area contributed by atoms with Crippen LogP contribution in [-0.2, 0) is 6.54 Å². The molecule has 0 aliphatic heterocycles. The zero-order valence-electron chi connectivity index (χ0n) is 10.9. The quantitative estimate of drug-likeness (QED) is 0.562. The molecule has 0 spiro atoms. The zero-order valence-corrected chi connectivity index (χ0v) is 12.5. The van der Waals surface area contributed by atoms with E-state index in [0.29, 0.717) is 0 Å². The maximum Gasteiger partial charge on any atom is 0.404 e. The lowest BCUT2D eigenvalue weighted by molar-refractivity contribution is 0.194. The lowest BCUT2D eigenvalue weighted by Gasteiger charge is -1.99. The number of nitrogens with zero attached hydrogens (tertiary/aromatic N) is 3. The van der Waals surface area contributed by atoms with Crippen LogP contribution >= 0.6 is 23.1 Å². The van der Waals surface area contributed by atoms with Gasteiger partial charge in [-0.1, -0.05) is 11.3 Å². The van der Waals surface area contributed by atoms with Crippen LogP contribution in [-0.4, -0.2) is 32.4 Å². The summed E-state index contributed by atoms with van der Waals surface area (Å²) in [6, 6.07) is 0. The summed E-state index contributed by atoms with van der Waals surface area (Å²) in [5.74, 6) is 0. The van der Waals surface area contributed by atoms with Crippen molar-refractivity contribution in [3.8, 4) is 10.6 Å². The smallest absolute Gasteiger partial charge is 0.404 e. The molecule has 0 saturated carbocycles. The maximum atomic E-state index is 10.6. The van der Waals surface area contributed by atoms with Gasteiger partial charge in [0.25, 0.3) is 0 Å². The number of carboxylic acid groups (broad SMARTS) is 1. The standard InChI is InChI=1S/C12H10N4O3S2/c1-20-10-8-11(15-5-14-10)21-9(16-8)7-4-19-3-6(7)2-13-12(17)18/h3-5,13H,2H2,1H3,(H,17,18). The van der Waals surface area contributed by atoms with Crippen molar-refractivity contribution >= 4 is 39.5 Å². The van der Waals surface area contributed by atoms with Crippen LogP contribution < -0.4 is 5.32 Å². The normalized spacial score (nSPS) is 10.9. The van der Waals surface area contributed by atoms with Gasteiger partial charge in [0.05, 0.1) is 11.8 Å². The highest BCUT2D eigenvalue weighted by Crippen LogP contribution is 2.34. The summed E-state index contributed by atoms with van der Waals surface area (Å²) in [5, 5.41) is 12.5. The van der Waals surface area contributed by atoms with Crippen molar-refractivity contribution in [1.29, 1.82) is 0 Å². The molecule has 0 saturated heterocycles. The van der Waals surface area contributed by atoms with Crippen LogP contribution in [0.2, 0.25) is 0 Å². The first kappa shape index (κ1) is 13.8. The molecule has 1 amide bonds. The third kappa shape index (κ3) is 2.69. The summed E-state index contributed by atoms with van der Waals surface area (Å²) in [6.07, 6.45) is 5.43. The molecule has 0 radical (unpaired) electrons. The molecule has 0 unspecified atom stereocenters. The fourth-order valence-electron chi connectivity index (χ4n) is 1.82.